The highest BCUT2D eigenvalue weighted by atomic mass is 28.3. The summed E-state index contributed by atoms with van der Waals surface area (Å²) >= 11 is 0. The number of nitrogens with zero attached hydrogens (tertiary/aromatic N) is 5. The molecule has 5 rings (SSSR count). The van der Waals surface area contributed by atoms with Crippen LogP contribution in [0.25, 0.3) is 11.4 Å². The Balaban J connectivity index is 1.85. The predicted octanol–water partition coefficient (Wildman–Crippen LogP) is 1.71. The zero-order valence-corrected chi connectivity index (χ0v) is 17.7. The van der Waals surface area contributed by atoms with E-state index < -0.39 is 8.07 Å². The maximum Gasteiger partial charge on any atom is 0.202 e. The molecular formula is C25H19N5Si. The summed E-state index contributed by atoms with van der Waals surface area (Å²) in [5, 5.41) is 4.58. The Labute approximate surface area is 181 Å². The second-order valence-electron chi connectivity index (χ2n) is 7.09. The minimum atomic E-state index is -2.74. The average Bonchev–Trinajstić information content (AvgIpc) is 2.87. The number of hydrogen-bond acceptors (Lipinski definition) is 5. The van der Waals surface area contributed by atoms with Gasteiger partial charge in [-0.1, -0.05) is 30.3 Å². The van der Waals surface area contributed by atoms with Crippen LogP contribution in [0.1, 0.15) is 0 Å². The average molecular weight is 418 g/mol. The van der Waals surface area contributed by atoms with E-state index in [1.807, 2.05) is 79.8 Å². The highest BCUT2D eigenvalue weighted by Crippen LogP contribution is 2.14. The largest absolute Gasteiger partial charge is 0.265 e. The van der Waals surface area contributed by atoms with Crippen molar-refractivity contribution in [2.24, 2.45) is 0 Å². The third-order valence-corrected chi connectivity index (χ3v) is 10.1. The highest BCUT2D eigenvalue weighted by Gasteiger charge is 2.43. The molecule has 0 saturated heterocycles. The van der Waals surface area contributed by atoms with Crippen LogP contribution in [0.5, 0.6) is 0 Å². The van der Waals surface area contributed by atoms with Gasteiger partial charge < -0.3 is 0 Å². The molecule has 0 atom stereocenters. The molecule has 4 aromatic heterocycles. The lowest BCUT2D eigenvalue weighted by molar-refractivity contribution is 1.20. The Morgan fingerprint density at radius 3 is 1.45 bits per heavy atom. The Kier molecular flexibility index (Phi) is 5.12. The molecule has 0 bridgehead atoms. The summed E-state index contributed by atoms with van der Waals surface area (Å²) < 4.78 is 0. The standard InChI is InChI=1S/C25H19N5Si/c1-2-4-20(5-3-1)25-29-19-12-24(30-25)31(21-6-13-26-14-7-21,22-8-15-27-16-9-22)23-10-17-28-18-11-23/h1-19H. The lowest BCUT2D eigenvalue weighted by Gasteiger charge is -2.32. The number of benzene rings is 1. The van der Waals surface area contributed by atoms with Crippen molar-refractivity contribution in [2.45, 2.75) is 0 Å². The second kappa shape index (κ2) is 8.37. The molecule has 5 nitrogen and oxygen atoms in total. The van der Waals surface area contributed by atoms with Crippen LogP contribution in [0.15, 0.2) is 116 Å². The fraction of sp³-hybridized carbons (Fsp3) is 0. The zero-order valence-electron chi connectivity index (χ0n) is 16.7. The molecule has 0 aliphatic heterocycles. The number of rotatable bonds is 5. The first-order chi connectivity index (χ1) is 15.4. The monoisotopic (exact) mass is 417 g/mol. The van der Waals surface area contributed by atoms with E-state index in [0.29, 0.717) is 5.82 Å². The molecule has 31 heavy (non-hydrogen) atoms. The zero-order chi connectivity index (χ0) is 20.9. The molecule has 0 amide bonds. The molecule has 1 aromatic carbocycles. The van der Waals surface area contributed by atoms with Crippen LogP contribution in [0.2, 0.25) is 0 Å². The normalized spacial score (nSPS) is 11.2. The third-order valence-electron chi connectivity index (χ3n) is 5.41. The first-order valence-electron chi connectivity index (χ1n) is 9.99. The van der Waals surface area contributed by atoms with E-state index in [2.05, 4.69) is 56.3 Å². The van der Waals surface area contributed by atoms with Crippen LogP contribution >= 0.6 is 0 Å². The predicted molar refractivity (Wildman–Crippen MR) is 124 cm³/mol. The third kappa shape index (κ3) is 3.43. The van der Waals surface area contributed by atoms with Crippen molar-refractivity contribution in [3.05, 3.63) is 116 Å². The molecule has 0 unspecified atom stereocenters. The van der Waals surface area contributed by atoms with Crippen molar-refractivity contribution in [3.8, 4) is 11.4 Å². The number of hydrogen-bond donors (Lipinski definition) is 0. The van der Waals surface area contributed by atoms with Gasteiger partial charge in [0.15, 0.2) is 5.82 Å². The summed E-state index contributed by atoms with van der Waals surface area (Å²) in [5.41, 5.74) is 0.992. The number of pyridine rings is 3. The van der Waals surface area contributed by atoms with Crippen molar-refractivity contribution < 1.29 is 0 Å². The maximum absolute atomic E-state index is 5.13. The van der Waals surface area contributed by atoms with Crippen LogP contribution in [0.3, 0.4) is 0 Å². The van der Waals surface area contributed by atoms with Gasteiger partial charge in [-0.05, 0) is 58.0 Å². The van der Waals surface area contributed by atoms with Gasteiger partial charge in [-0.15, -0.1) is 0 Å². The molecule has 0 spiro atoms. The summed E-state index contributed by atoms with van der Waals surface area (Å²) in [6.45, 7) is 0. The molecule has 0 saturated carbocycles. The minimum absolute atomic E-state index is 0.715. The van der Waals surface area contributed by atoms with E-state index in [0.717, 1.165) is 10.9 Å². The van der Waals surface area contributed by atoms with Crippen molar-refractivity contribution in [2.75, 3.05) is 0 Å². The van der Waals surface area contributed by atoms with Gasteiger partial charge in [0.1, 0.15) is 0 Å². The topological polar surface area (TPSA) is 64.5 Å². The summed E-state index contributed by atoms with van der Waals surface area (Å²) in [4.78, 5) is 22.5. The van der Waals surface area contributed by atoms with Crippen LogP contribution < -0.4 is 20.9 Å². The molecule has 5 aromatic rings. The molecule has 148 valence electrons. The van der Waals surface area contributed by atoms with Gasteiger partial charge in [0, 0.05) is 54.3 Å². The van der Waals surface area contributed by atoms with E-state index in [-0.39, 0.29) is 0 Å². The van der Waals surface area contributed by atoms with Gasteiger partial charge in [-0.3, -0.25) is 15.0 Å². The van der Waals surface area contributed by atoms with Crippen molar-refractivity contribution in [3.63, 3.8) is 0 Å². The van der Waals surface area contributed by atoms with E-state index >= 15 is 0 Å². The Morgan fingerprint density at radius 1 is 0.484 bits per heavy atom. The Bertz CT molecular complexity index is 1170. The van der Waals surface area contributed by atoms with Gasteiger partial charge in [0.2, 0.25) is 8.07 Å². The molecule has 0 aliphatic carbocycles. The molecule has 0 radical (unpaired) electrons. The maximum atomic E-state index is 5.13. The Morgan fingerprint density at radius 2 is 0.968 bits per heavy atom. The van der Waals surface area contributed by atoms with Crippen molar-refractivity contribution in [1.29, 1.82) is 0 Å². The molecular weight excluding hydrogens is 398 g/mol. The van der Waals surface area contributed by atoms with Gasteiger partial charge in [-0.2, -0.15) is 0 Å². The fourth-order valence-electron chi connectivity index (χ4n) is 4.04. The minimum Gasteiger partial charge on any atom is -0.265 e. The molecule has 0 N–H and O–H groups in total. The van der Waals surface area contributed by atoms with E-state index in [9.17, 15) is 0 Å². The van der Waals surface area contributed by atoms with Gasteiger partial charge in [0.05, 0.1) is 0 Å². The van der Waals surface area contributed by atoms with Gasteiger partial charge >= 0.3 is 0 Å². The van der Waals surface area contributed by atoms with E-state index in [1.54, 1.807) is 0 Å². The lowest BCUT2D eigenvalue weighted by Crippen LogP contribution is -2.75. The lowest BCUT2D eigenvalue weighted by atomic mass is 10.2. The first-order valence-corrected chi connectivity index (χ1v) is 12.0. The quantitative estimate of drug-likeness (QED) is 0.408. The van der Waals surface area contributed by atoms with Crippen LogP contribution in [0.4, 0.5) is 0 Å². The van der Waals surface area contributed by atoms with E-state index in [4.69, 9.17) is 4.98 Å². The number of aromatic nitrogens is 5. The fourth-order valence-corrected chi connectivity index (χ4v) is 8.48. The van der Waals surface area contributed by atoms with Crippen LogP contribution in [0, 0.1) is 0 Å². The SMILES string of the molecule is c1ccc(-c2nccc([Si](c3ccncc3)(c3ccncc3)c3ccncc3)n2)cc1. The summed E-state index contributed by atoms with van der Waals surface area (Å²) in [6.07, 6.45) is 12.9. The van der Waals surface area contributed by atoms with Crippen LogP contribution in [-0.2, 0) is 0 Å². The second-order valence-corrected chi connectivity index (χ2v) is 10.8. The first kappa shape index (κ1) is 19.0. The van der Waals surface area contributed by atoms with Gasteiger partial charge in [0.25, 0.3) is 0 Å². The molecule has 0 aliphatic rings. The Hall–Kier alpha value is -4.03. The summed E-state index contributed by atoms with van der Waals surface area (Å²) in [7, 11) is -2.74. The van der Waals surface area contributed by atoms with Crippen LogP contribution in [-0.4, -0.2) is 33.0 Å². The smallest absolute Gasteiger partial charge is 0.202 e. The van der Waals surface area contributed by atoms with Crippen molar-refractivity contribution >= 4 is 29.0 Å². The summed E-state index contributed by atoms with van der Waals surface area (Å²) in [5.74, 6) is 0.715. The molecule has 0 fully saturated rings. The van der Waals surface area contributed by atoms with Crippen molar-refractivity contribution in [1.82, 2.24) is 24.9 Å². The van der Waals surface area contributed by atoms with Gasteiger partial charge in [-0.25, -0.2) is 9.97 Å². The molecule has 4 heterocycles. The summed E-state index contributed by atoms with van der Waals surface area (Å²) in [6, 6.07) is 24.7. The highest BCUT2D eigenvalue weighted by molar-refractivity contribution is 7.19. The molecule has 6 heteroatoms. The van der Waals surface area contributed by atoms with E-state index in [1.165, 1.54) is 15.6 Å².